The zero-order valence-corrected chi connectivity index (χ0v) is 17.1. The van der Waals surface area contributed by atoms with Crippen molar-refractivity contribution in [1.29, 1.82) is 0 Å². The minimum Gasteiger partial charge on any atom is -0.324 e. The number of hydrogen-bond donors (Lipinski definition) is 1. The van der Waals surface area contributed by atoms with Crippen LogP contribution in [-0.2, 0) is 11.2 Å². The Morgan fingerprint density at radius 2 is 1.50 bits per heavy atom. The number of imide groups is 1. The third-order valence-corrected chi connectivity index (χ3v) is 5.42. The van der Waals surface area contributed by atoms with E-state index in [0.717, 1.165) is 10.5 Å². The number of nitrogens with one attached hydrogen (secondary N) is 1. The Balaban J connectivity index is 1.69. The largest absolute Gasteiger partial charge is 0.324 e. The second kappa shape index (κ2) is 8.43. The Morgan fingerprint density at radius 3 is 2.06 bits per heavy atom. The zero-order chi connectivity index (χ0) is 22.8. The summed E-state index contributed by atoms with van der Waals surface area (Å²) in [5, 5.41) is 13.8. The minimum atomic E-state index is -1.14. The molecule has 3 aromatic carbocycles. The van der Waals surface area contributed by atoms with E-state index < -0.39 is 28.7 Å². The van der Waals surface area contributed by atoms with Gasteiger partial charge in [0.2, 0.25) is 5.91 Å². The molecule has 160 valence electrons. The Bertz CT molecular complexity index is 1200. The summed E-state index contributed by atoms with van der Waals surface area (Å²) in [6, 6.07) is 18.2. The van der Waals surface area contributed by atoms with Gasteiger partial charge in [-0.05, 0) is 36.2 Å². The molecule has 4 rings (SSSR count). The number of fused-ring (bicyclic) bond motifs is 1. The van der Waals surface area contributed by atoms with E-state index in [1.807, 2.05) is 19.1 Å². The fourth-order valence-electron chi connectivity index (χ4n) is 3.70. The van der Waals surface area contributed by atoms with Crippen molar-refractivity contribution in [1.82, 2.24) is 4.90 Å². The predicted octanol–water partition coefficient (Wildman–Crippen LogP) is 3.75. The monoisotopic (exact) mass is 429 g/mol. The molecular formula is C24H19N3O5. The van der Waals surface area contributed by atoms with Crippen molar-refractivity contribution in [3.8, 4) is 0 Å². The van der Waals surface area contributed by atoms with Gasteiger partial charge in [0, 0.05) is 24.2 Å². The number of carbonyl (C=O) groups is 3. The van der Waals surface area contributed by atoms with Crippen LogP contribution < -0.4 is 5.32 Å². The third kappa shape index (κ3) is 3.85. The van der Waals surface area contributed by atoms with Gasteiger partial charge in [-0.15, -0.1) is 0 Å². The van der Waals surface area contributed by atoms with E-state index in [9.17, 15) is 24.5 Å². The van der Waals surface area contributed by atoms with Gasteiger partial charge in [0.05, 0.1) is 16.1 Å². The summed E-state index contributed by atoms with van der Waals surface area (Å²) in [5.41, 5.74) is 2.39. The van der Waals surface area contributed by atoms with E-state index in [-0.39, 0.29) is 23.2 Å². The second-order valence-corrected chi connectivity index (χ2v) is 7.47. The van der Waals surface area contributed by atoms with Crippen LogP contribution in [0.2, 0.25) is 0 Å². The predicted molar refractivity (Wildman–Crippen MR) is 117 cm³/mol. The molecule has 0 saturated carbocycles. The number of nitrogens with zero attached hydrogens (tertiary/aromatic N) is 2. The fraction of sp³-hybridized carbons (Fsp3) is 0.125. The maximum absolute atomic E-state index is 13.3. The number of para-hydroxylation sites is 1. The van der Waals surface area contributed by atoms with E-state index in [1.165, 1.54) is 24.3 Å². The van der Waals surface area contributed by atoms with Crippen LogP contribution in [0.15, 0.2) is 72.8 Å². The van der Waals surface area contributed by atoms with Gasteiger partial charge in [0.25, 0.3) is 17.5 Å². The molecule has 0 fully saturated rings. The van der Waals surface area contributed by atoms with Crippen LogP contribution in [-0.4, -0.2) is 33.6 Å². The lowest BCUT2D eigenvalue weighted by Crippen LogP contribution is -2.48. The number of non-ortho nitro benzene ring substituents is 1. The molecule has 1 N–H and O–H groups in total. The molecule has 0 bridgehead atoms. The van der Waals surface area contributed by atoms with Crippen LogP contribution in [0.5, 0.6) is 0 Å². The number of nitro groups is 1. The lowest BCUT2D eigenvalue weighted by atomic mass is 10.0. The molecule has 0 aliphatic carbocycles. The summed E-state index contributed by atoms with van der Waals surface area (Å²) in [5.74, 6) is -1.61. The third-order valence-electron chi connectivity index (χ3n) is 5.42. The van der Waals surface area contributed by atoms with Crippen LogP contribution in [0.4, 0.5) is 11.4 Å². The number of anilines is 1. The van der Waals surface area contributed by atoms with Crippen molar-refractivity contribution in [3.63, 3.8) is 0 Å². The van der Waals surface area contributed by atoms with Gasteiger partial charge in [0.1, 0.15) is 6.04 Å². The minimum absolute atomic E-state index is 0.0151. The van der Waals surface area contributed by atoms with Gasteiger partial charge in [-0.25, -0.2) is 0 Å². The molecular weight excluding hydrogens is 410 g/mol. The number of aryl methyl sites for hydroxylation is 1. The highest BCUT2D eigenvalue weighted by molar-refractivity contribution is 6.23. The van der Waals surface area contributed by atoms with Gasteiger partial charge >= 0.3 is 0 Å². The molecule has 0 radical (unpaired) electrons. The van der Waals surface area contributed by atoms with Crippen LogP contribution >= 0.6 is 0 Å². The van der Waals surface area contributed by atoms with Crippen molar-refractivity contribution in [2.24, 2.45) is 0 Å². The first-order chi connectivity index (χ1) is 15.4. The molecule has 3 amide bonds. The van der Waals surface area contributed by atoms with Gasteiger partial charge in [0.15, 0.2) is 0 Å². The number of hydrogen-bond acceptors (Lipinski definition) is 5. The molecule has 1 atom stereocenters. The highest BCUT2D eigenvalue weighted by Gasteiger charge is 2.42. The maximum Gasteiger partial charge on any atom is 0.269 e. The molecule has 1 aliphatic rings. The summed E-state index contributed by atoms with van der Waals surface area (Å²) in [6.45, 7) is 1.84. The van der Waals surface area contributed by atoms with Crippen LogP contribution in [0, 0.1) is 17.0 Å². The lowest BCUT2D eigenvalue weighted by molar-refractivity contribution is -0.384. The quantitative estimate of drug-likeness (QED) is 0.365. The van der Waals surface area contributed by atoms with Gasteiger partial charge < -0.3 is 5.32 Å². The van der Waals surface area contributed by atoms with E-state index >= 15 is 0 Å². The number of benzene rings is 3. The Hall–Kier alpha value is -4.33. The average molecular weight is 429 g/mol. The first-order valence-corrected chi connectivity index (χ1v) is 9.93. The summed E-state index contributed by atoms with van der Waals surface area (Å²) >= 11 is 0. The smallest absolute Gasteiger partial charge is 0.269 e. The highest BCUT2D eigenvalue weighted by Crippen LogP contribution is 2.27. The van der Waals surface area contributed by atoms with E-state index in [1.54, 1.807) is 36.4 Å². The van der Waals surface area contributed by atoms with E-state index in [2.05, 4.69) is 5.32 Å². The van der Waals surface area contributed by atoms with Gasteiger partial charge in [-0.3, -0.25) is 29.4 Å². The zero-order valence-electron chi connectivity index (χ0n) is 17.1. The molecule has 8 heteroatoms. The van der Waals surface area contributed by atoms with E-state index in [4.69, 9.17) is 0 Å². The van der Waals surface area contributed by atoms with Crippen molar-refractivity contribution >= 4 is 29.1 Å². The first kappa shape index (κ1) is 20.9. The van der Waals surface area contributed by atoms with Crippen LogP contribution in [0.25, 0.3) is 0 Å². The van der Waals surface area contributed by atoms with Crippen molar-refractivity contribution in [2.75, 3.05) is 5.32 Å². The number of rotatable bonds is 6. The Morgan fingerprint density at radius 1 is 0.938 bits per heavy atom. The first-order valence-electron chi connectivity index (χ1n) is 9.93. The van der Waals surface area contributed by atoms with Crippen molar-refractivity contribution < 1.29 is 19.3 Å². The summed E-state index contributed by atoms with van der Waals surface area (Å²) in [7, 11) is 0. The Labute approximate surface area is 183 Å². The number of carbonyl (C=O) groups excluding carboxylic acids is 3. The highest BCUT2D eigenvalue weighted by atomic mass is 16.6. The molecule has 32 heavy (non-hydrogen) atoms. The van der Waals surface area contributed by atoms with Gasteiger partial charge in [-0.1, -0.05) is 42.5 Å². The standard InChI is InChI=1S/C24H19N3O5/c1-15-6-2-5-9-20(15)25-22(28)21(14-16-10-12-17(13-11-16)27(31)32)26-23(29)18-7-3-4-8-19(18)24(26)30/h2-13,21H,14H2,1H3,(H,25,28). The van der Waals surface area contributed by atoms with Crippen LogP contribution in [0.1, 0.15) is 31.8 Å². The molecule has 0 saturated heterocycles. The fourth-order valence-corrected chi connectivity index (χ4v) is 3.70. The average Bonchev–Trinajstić information content (AvgIpc) is 3.04. The van der Waals surface area contributed by atoms with Crippen molar-refractivity contribution in [2.45, 2.75) is 19.4 Å². The number of amides is 3. The van der Waals surface area contributed by atoms with Gasteiger partial charge in [-0.2, -0.15) is 0 Å². The molecule has 1 heterocycles. The lowest BCUT2D eigenvalue weighted by Gasteiger charge is -2.26. The maximum atomic E-state index is 13.3. The normalized spacial score (nSPS) is 13.6. The van der Waals surface area contributed by atoms with Crippen molar-refractivity contribution in [3.05, 3.63) is 105 Å². The number of nitro benzene ring substituents is 1. The SMILES string of the molecule is Cc1ccccc1NC(=O)C(Cc1ccc([N+](=O)[O-])cc1)N1C(=O)c2ccccc2C1=O. The molecule has 1 aliphatic heterocycles. The molecule has 0 spiro atoms. The topological polar surface area (TPSA) is 110 Å². The summed E-state index contributed by atoms with van der Waals surface area (Å²) < 4.78 is 0. The summed E-state index contributed by atoms with van der Waals surface area (Å²) in [6.07, 6.45) is 0.0151. The molecule has 0 aromatic heterocycles. The Kier molecular flexibility index (Phi) is 5.51. The summed E-state index contributed by atoms with van der Waals surface area (Å²) in [4.78, 5) is 50.8. The van der Waals surface area contributed by atoms with Crippen LogP contribution in [0.3, 0.4) is 0 Å². The second-order valence-electron chi connectivity index (χ2n) is 7.47. The van der Waals surface area contributed by atoms with E-state index in [0.29, 0.717) is 11.3 Å². The molecule has 8 nitrogen and oxygen atoms in total. The molecule has 1 unspecified atom stereocenters. The molecule has 3 aromatic rings.